The van der Waals surface area contributed by atoms with E-state index in [9.17, 15) is 13.2 Å². The first-order valence-electron chi connectivity index (χ1n) is 4.35. The molecule has 1 rings (SSSR count). The monoisotopic (exact) mass is 223 g/mol. The molecule has 1 aromatic rings. The van der Waals surface area contributed by atoms with E-state index in [1.807, 2.05) is 0 Å². The molecule has 0 aliphatic heterocycles. The lowest BCUT2D eigenvalue weighted by Gasteiger charge is -2.07. The molecule has 1 heterocycles. The predicted octanol–water partition coefficient (Wildman–Crippen LogP) is 1.99. The van der Waals surface area contributed by atoms with Crippen molar-refractivity contribution in [1.29, 1.82) is 0 Å². The largest absolute Gasteiger partial charge is 0.472 e. The fraction of sp³-hybridized carbons (Fsp3) is 0.625. The van der Waals surface area contributed by atoms with E-state index in [1.165, 1.54) is 0 Å². The molecule has 0 bridgehead atoms. The highest BCUT2D eigenvalue weighted by atomic mass is 19.3. The number of hydrogen-bond acceptors (Lipinski definition) is 3. The number of nitrogen functional groups attached to an aromatic ring is 1. The Morgan fingerprint density at radius 2 is 2.00 bits per heavy atom. The third-order valence-corrected chi connectivity index (χ3v) is 1.53. The maximum Gasteiger partial charge on any atom is 0.289 e. The Morgan fingerprint density at radius 3 is 2.47 bits per heavy atom. The summed E-state index contributed by atoms with van der Waals surface area (Å²) in [6, 6.07) is 0. The van der Waals surface area contributed by atoms with Gasteiger partial charge in [-0.25, -0.2) is 17.9 Å². The van der Waals surface area contributed by atoms with Crippen LogP contribution >= 0.6 is 0 Å². The SMILES string of the molecule is CC(C)Oc1nn(C(F)C(F)F)cc1N. The average Bonchev–Trinajstić information content (AvgIpc) is 2.45. The molecule has 7 heteroatoms. The molecule has 0 saturated carbocycles. The summed E-state index contributed by atoms with van der Waals surface area (Å²) in [6.07, 6.45) is -4.87. The minimum absolute atomic E-state index is 0.0340. The Hall–Kier alpha value is -1.40. The Balaban J connectivity index is 2.85. The van der Waals surface area contributed by atoms with Crippen molar-refractivity contribution < 1.29 is 17.9 Å². The number of rotatable bonds is 4. The third kappa shape index (κ3) is 2.77. The second-order valence-electron chi connectivity index (χ2n) is 3.24. The first-order chi connectivity index (χ1) is 6.91. The minimum Gasteiger partial charge on any atom is -0.472 e. The highest BCUT2D eigenvalue weighted by molar-refractivity contribution is 5.46. The number of aromatic nitrogens is 2. The Kier molecular flexibility index (Phi) is 3.43. The standard InChI is InChI=1S/C8H12F3N3O/c1-4(2)15-8-5(12)3-14(13-8)7(11)6(9)10/h3-4,6-7H,12H2,1-2H3. The third-order valence-electron chi connectivity index (χ3n) is 1.53. The van der Waals surface area contributed by atoms with Crippen LogP contribution in [0.1, 0.15) is 20.1 Å². The van der Waals surface area contributed by atoms with Gasteiger partial charge in [-0.05, 0) is 13.8 Å². The van der Waals surface area contributed by atoms with Crippen LogP contribution in [0.5, 0.6) is 5.88 Å². The minimum atomic E-state index is -3.14. The molecular weight excluding hydrogens is 211 g/mol. The molecule has 4 nitrogen and oxygen atoms in total. The van der Waals surface area contributed by atoms with Crippen LogP contribution in [0.3, 0.4) is 0 Å². The van der Waals surface area contributed by atoms with Gasteiger partial charge in [-0.15, -0.1) is 5.10 Å². The summed E-state index contributed by atoms with van der Waals surface area (Å²) in [4.78, 5) is 0. The Labute approximate surface area is 84.8 Å². The lowest BCUT2D eigenvalue weighted by atomic mass is 10.5. The van der Waals surface area contributed by atoms with Gasteiger partial charge in [-0.3, -0.25) is 0 Å². The summed E-state index contributed by atoms with van der Waals surface area (Å²) in [5.74, 6) is -0.0340. The molecule has 1 atom stereocenters. The topological polar surface area (TPSA) is 53.1 Å². The normalized spacial score (nSPS) is 13.5. The summed E-state index contributed by atoms with van der Waals surface area (Å²) in [5.41, 5.74) is 5.44. The van der Waals surface area contributed by atoms with Crippen molar-refractivity contribution in [3.05, 3.63) is 6.20 Å². The molecule has 0 radical (unpaired) electrons. The number of nitrogens with two attached hydrogens (primary N) is 1. The average molecular weight is 223 g/mol. The maximum absolute atomic E-state index is 12.8. The van der Waals surface area contributed by atoms with E-state index in [0.29, 0.717) is 4.68 Å². The van der Waals surface area contributed by atoms with Gasteiger partial charge in [0.25, 0.3) is 18.6 Å². The highest BCUT2D eigenvalue weighted by Gasteiger charge is 2.23. The molecule has 0 spiro atoms. The first kappa shape index (κ1) is 11.7. The van der Waals surface area contributed by atoms with Gasteiger partial charge in [0.1, 0.15) is 5.69 Å². The fourth-order valence-electron chi connectivity index (χ4n) is 0.946. The van der Waals surface area contributed by atoms with Crippen LogP contribution < -0.4 is 10.5 Å². The predicted molar refractivity (Wildman–Crippen MR) is 48.6 cm³/mol. The molecule has 1 unspecified atom stereocenters. The van der Waals surface area contributed by atoms with Crippen molar-refractivity contribution in [1.82, 2.24) is 9.78 Å². The molecule has 15 heavy (non-hydrogen) atoms. The highest BCUT2D eigenvalue weighted by Crippen LogP contribution is 2.25. The molecule has 0 aliphatic rings. The summed E-state index contributed by atoms with van der Waals surface area (Å²) < 4.78 is 42.4. The smallest absolute Gasteiger partial charge is 0.289 e. The van der Waals surface area contributed by atoms with Crippen molar-refractivity contribution in [3.63, 3.8) is 0 Å². The van der Waals surface area contributed by atoms with Crippen LogP contribution in [0, 0.1) is 0 Å². The van der Waals surface area contributed by atoms with Crippen LogP contribution in [0.15, 0.2) is 6.20 Å². The Morgan fingerprint density at radius 1 is 1.40 bits per heavy atom. The number of nitrogens with zero attached hydrogens (tertiary/aromatic N) is 2. The number of hydrogen-bond donors (Lipinski definition) is 1. The van der Waals surface area contributed by atoms with Crippen molar-refractivity contribution in [3.8, 4) is 5.88 Å². The molecule has 0 aliphatic carbocycles. The van der Waals surface area contributed by atoms with E-state index >= 15 is 0 Å². The van der Waals surface area contributed by atoms with Crippen LogP contribution in [-0.2, 0) is 0 Å². The van der Waals surface area contributed by atoms with Gasteiger partial charge in [0.05, 0.1) is 12.3 Å². The number of alkyl halides is 3. The lowest BCUT2D eigenvalue weighted by molar-refractivity contribution is -0.0000131. The zero-order valence-corrected chi connectivity index (χ0v) is 8.32. The van der Waals surface area contributed by atoms with Gasteiger partial charge in [0, 0.05) is 0 Å². The van der Waals surface area contributed by atoms with Gasteiger partial charge in [0.2, 0.25) is 0 Å². The zero-order chi connectivity index (χ0) is 11.6. The second kappa shape index (κ2) is 4.41. The molecule has 0 amide bonds. The van der Waals surface area contributed by atoms with Gasteiger partial charge < -0.3 is 10.5 Å². The van der Waals surface area contributed by atoms with Crippen molar-refractivity contribution in [2.24, 2.45) is 0 Å². The Bertz CT molecular complexity index is 327. The molecule has 86 valence electrons. The first-order valence-corrected chi connectivity index (χ1v) is 4.35. The van der Waals surface area contributed by atoms with Gasteiger partial charge in [-0.2, -0.15) is 0 Å². The second-order valence-corrected chi connectivity index (χ2v) is 3.24. The van der Waals surface area contributed by atoms with E-state index < -0.39 is 12.7 Å². The fourth-order valence-corrected chi connectivity index (χ4v) is 0.946. The molecule has 0 aromatic carbocycles. The van der Waals surface area contributed by atoms with E-state index in [4.69, 9.17) is 10.5 Å². The van der Waals surface area contributed by atoms with Gasteiger partial charge >= 0.3 is 0 Å². The molecular formula is C8H12F3N3O. The number of halogens is 3. The van der Waals surface area contributed by atoms with Crippen LogP contribution in [-0.4, -0.2) is 22.3 Å². The van der Waals surface area contributed by atoms with E-state index in [2.05, 4.69) is 5.10 Å². The maximum atomic E-state index is 12.8. The van der Waals surface area contributed by atoms with E-state index in [0.717, 1.165) is 6.20 Å². The summed E-state index contributed by atoms with van der Waals surface area (Å²) in [5, 5.41) is 3.49. The van der Waals surface area contributed by atoms with Gasteiger partial charge in [0.15, 0.2) is 0 Å². The van der Waals surface area contributed by atoms with Crippen molar-refractivity contribution in [2.45, 2.75) is 32.7 Å². The zero-order valence-electron chi connectivity index (χ0n) is 8.32. The van der Waals surface area contributed by atoms with Crippen LogP contribution in [0.25, 0.3) is 0 Å². The van der Waals surface area contributed by atoms with Crippen LogP contribution in [0.4, 0.5) is 18.9 Å². The molecule has 0 fully saturated rings. The molecule has 0 saturated heterocycles. The van der Waals surface area contributed by atoms with Crippen molar-refractivity contribution in [2.75, 3.05) is 5.73 Å². The van der Waals surface area contributed by atoms with Gasteiger partial charge in [-0.1, -0.05) is 0 Å². The van der Waals surface area contributed by atoms with Crippen LogP contribution in [0.2, 0.25) is 0 Å². The summed E-state index contributed by atoms with van der Waals surface area (Å²) >= 11 is 0. The number of anilines is 1. The number of ether oxygens (including phenoxy) is 1. The molecule has 2 N–H and O–H groups in total. The van der Waals surface area contributed by atoms with E-state index in [1.54, 1.807) is 13.8 Å². The van der Waals surface area contributed by atoms with Crippen molar-refractivity contribution >= 4 is 5.69 Å². The summed E-state index contributed by atoms with van der Waals surface area (Å²) in [6.45, 7) is 3.44. The summed E-state index contributed by atoms with van der Waals surface area (Å²) in [7, 11) is 0. The molecule has 1 aromatic heterocycles. The lowest BCUT2D eigenvalue weighted by Crippen LogP contribution is -2.13. The van der Waals surface area contributed by atoms with E-state index in [-0.39, 0.29) is 17.7 Å². The quantitative estimate of drug-likeness (QED) is 0.849.